The van der Waals surface area contributed by atoms with Crippen molar-refractivity contribution < 1.29 is 4.79 Å². The van der Waals surface area contributed by atoms with Gasteiger partial charge in [-0.15, -0.1) is 0 Å². The summed E-state index contributed by atoms with van der Waals surface area (Å²) in [5.41, 5.74) is 0. The highest BCUT2D eigenvalue weighted by Crippen LogP contribution is 2.11. The second kappa shape index (κ2) is 5.14. The lowest BCUT2D eigenvalue weighted by atomic mass is 10.4. The maximum Gasteiger partial charge on any atom is 0.239 e. The highest BCUT2D eigenvalue weighted by molar-refractivity contribution is 5.80. The molecule has 6 nitrogen and oxygen atoms in total. The van der Waals surface area contributed by atoms with E-state index in [-0.39, 0.29) is 12.5 Å². The summed E-state index contributed by atoms with van der Waals surface area (Å²) in [7, 11) is 5.19. The molecule has 1 heterocycles. The molecule has 2 N–H and O–H groups in total. The zero-order valence-corrected chi connectivity index (χ0v) is 9.11. The molecule has 1 rings (SSSR count). The molecule has 1 amide bonds. The maximum atomic E-state index is 11.1. The minimum absolute atomic E-state index is 0.0536. The molecule has 0 aliphatic carbocycles. The first-order valence-electron chi connectivity index (χ1n) is 4.59. The first-order chi connectivity index (χ1) is 7.17. The minimum Gasteiger partial charge on any atom is -0.373 e. The summed E-state index contributed by atoms with van der Waals surface area (Å²) in [6.07, 6.45) is 1.46. The Kier molecular flexibility index (Phi) is 3.84. The van der Waals surface area contributed by atoms with E-state index >= 15 is 0 Å². The quantitative estimate of drug-likeness (QED) is 0.712. The molecular formula is C9H15N5O. The number of anilines is 2. The van der Waals surface area contributed by atoms with Crippen LogP contribution in [0.5, 0.6) is 0 Å². The lowest BCUT2D eigenvalue weighted by Crippen LogP contribution is -2.33. The van der Waals surface area contributed by atoms with Crippen LogP contribution in [-0.4, -0.2) is 43.6 Å². The van der Waals surface area contributed by atoms with Crippen molar-refractivity contribution in [2.75, 3.05) is 37.9 Å². The molecule has 0 radical (unpaired) electrons. The fourth-order valence-corrected chi connectivity index (χ4v) is 1.07. The van der Waals surface area contributed by atoms with Gasteiger partial charge in [-0.2, -0.15) is 0 Å². The van der Waals surface area contributed by atoms with Gasteiger partial charge in [0.2, 0.25) is 5.91 Å². The number of carbonyl (C=O) groups is 1. The van der Waals surface area contributed by atoms with Gasteiger partial charge >= 0.3 is 0 Å². The van der Waals surface area contributed by atoms with Gasteiger partial charge in [0.1, 0.15) is 18.0 Å². The summed E-state index contributed by atoms with van der Waals surface area (Å²) in [6.45, 7) is 0.274. The van der Waals surface area contributed by atoms with Crippen LogP contribution in [0.1, 0.15) is 0 Å². The fourth-order valence-electron chi connectivity index (χ4n) is 1.07. The van der Waals surface area contributed by atoms with E-state index in [9.17, 15) is 4.79 Å². The number of rotatable bonds is 4. The van der Waals surface area contributed by atoms with Crippen molar-refractivity contribution in [3.63, 3.8) is 0 Å². The van der Waals surface area contributed by atoms with E-state index < -0.39 is 0 Å². The van der Waals surface area contributed by atoms with Crippen LogP contribution in [-0.2, 0) is 4.79 Å². The molecule has 0 saturated carbocycles. The topological polar surface area (TPSA) is 70.2 Å². The van der Waals surface area contributed by atoms with Gasteiger partial charge in [-0.1, -0.05) is 0 Å². The van der Waals surface area contributed by atoms with Gasteiger partial charge in [0.15, 0.2) is 0 Å². The SMILES string of the molecule is CNC(=O)CN(C)c1cc(NC)ncn1. The second-order valence-electron chi connectivity index (χ2n) is 3.04. The third kappa shape index (κ3) is 3.08. The molecule has 0 aliphatic heterocycles. The van der Waals surface area contributed by atoms with Crippen molar-refractivity contribution in [1.82, 2.24) is 15.3 Å². The van der Waals surface area contributed by atoms with Crippen LogP contribution >= 0.6 is 0 Å². The smallest absolute Gasteiger partial charge is 0.239 e. The molecule has 0 saturated heterocycles. The predicted octanol–water partition coefficient (Wildman–Crippen LogP) is -0.299. The summed E-state index contributed by atoms with van der Waals surface area (Å²) >= 11 is 0. The van der Waals surface area contributed by atoms with E-state index in [1.54, 1.807) is 32.1 Å². The molecule has 0 fully saturated rings. The largest absolute Gasteiger partial charge is 0.373 e. The zero-order valence-electron chi connectivity index (χ0n) is 9.11. The minimum atomic E-state index is -0.0536. The lowest BCUT2D eigenvalue weighted by molar-refractivity contribution is -0.119. The molecule has 0 aromatic carbocycles. The maximum absolute atomic E-state index is 11.1. The Morgan fingerprint density at radius 1 is 1.47 bits per heavy atom. The lowest BCUT2D eigenvalue weighted by Gasteiger charge is -2.16. The first kappa shape index (κ1) is 11.2. The number of carbonyl (C=O) groups excluding carboxylic acids is 1. The van der Waals surface area contributed by atoms with Crippen molar-refractivity contribution in [3.8, 4) is 0 Å². The molecule has 6 heteroatoms. The third-order valence-corrected chi connectivity index (χ3v) is 1.96. The van der Waals surface area contributed by atoms with Crippen LogP contribution in [0.4, 0.5) is 11.6 Å². The average Bonchev–Trinajstić information content (AvgIpc) is 2.28. The number of amides is 1. The van der Waals surface area contributed by atoms with E-state index in [0.717, 1.165) is 5.82 Å². The number of nitrogens with one attached hydrogen (secondary N) is 2. The fraction of sp³-hybridized carbons (Fsp3) is 0.444. The van der Waals surface area contributed by atoms with E-state index in [4.69, 9.17) is 0 Å². The highest BCUT2D eigenvalue weighted by Gasteiger charge is 2.07. The number of hydrogen-bond donors (Lipinski definition) is 2. The van der Waals surface area contributed by atoms with Crippen molar-refractivity contribution >= 4 is 17.5 Å². The second-order valence-corrected chi connectivity index (χ2v) is 3.04. The normalized spacial score (nSPS) is 9.53. The summed E-state index contributed by atoms with van der Waals surface area (Å²) in [5, 5.41) is 5.47. The van der Waals surface area contributed by atoms with Gasteiger partial charge in [-0.05, 0) is 0 Å². The van der Waals surface area contributed by atoms with Crippen molar-refractivity contribution in [3.05, 3.63) is 12.4 Å². The molecule has 0 spiro atoms. The predicted molar refractivity (Wildman–Crippen MR) is 58.9 cm³/mol. The Bertz CT molecular complexity index is 341. The molecule has 15 heavy (non-hydrogen) atoms. The first-order valence-corrected chi connectivity index (χ1v) is 4.59. The van der Waals surface area contributed by atoms with Gasteiger partial charge in [0.25, 0.3) is 0 Å². The monoisotopic (exact) mass is 209 g/mol. The van der Waals surface area contributed by atoms with Crippen LogP contribution < -0.4 is 15.5 Å². The Labute approximate surface area is 88.7 Å². The van der Waals surface area contributed by atoms with Gasteiger partial charge in [-0.25, -0.2) is 9.97 Å². The Hall–Kier alpha value is -1.85. The Morgan fingerprint density at radius 3 is 2.80 bits per heavy atom. The summed E-state index contributed by atoms with van der Waals surface area (Å²) in [4.78, 5) is 20.9. The van der Waals surface area contributed by atoms with Crippen LogP contribution in [0.2, 0.25) is 0 Å². The summed E-state index contributed by atoms with van der Waals surface area (Å²) < 4.78 is 0. The number of hydrogen-bond acceptors (Lipinski definition) is 5. The van der Waals surface area contributed by atoms with E-state index in [0.29, 0.717) is 5.82 Å². The van der Waals surface area contributed by atoms with Crippen LogP contribution in [0, 0.1) is 0 Å². The van der Waals surface area contributed by atoms with Crippen molar-refractivity contribution in [2.45, 2.75) is 0 Å². The van der Waals surface area contributed by atoms with Crippen LogP contribution in [0.25, 0.3) is 0 Å². The van der Waals surface area contributed by atoms with Crippen molar-refractivity contribution in [1.29, 1.82) is 0 Å². The molecule has 1 aromatic heterocycles. The molecule has 0 bridgehead atoms. The number of aromatic nitrogens is 2. The Balaban J connectivity index is 2.72. The molecule has 1 aromatic rings. The van der Waals surface area contributed by atoms with Crippen LogP contribution in [0.3, 0.4) is 0 Å². The van der Waals surface area contributed by atoms with Crippen LogP contribution in [0.15, 0.2) is 12.4 Å². The molecular weight excluding hydrogens is 194 g/mol. The molecule has 0 atom stereocenters. The van der Waals surface area contributed by atoms with Gasteiger partial charge in [0, 0.05) is 27.2 Å². The average molecular weight is 209 g/mol. The third-order valence-electron chi connectivity index (χ3n) is 1.96. The zero-order chi connectivity index (χ0) is 11.3. The molecule has 82 valence electrons. The van der Waals surface area contributed by atoms with E-state index in [1.807, 2.05) is 0 Å². The van der Waals surface area contributed by atoms with Crippen molar-refractivity contribution in [2.24, 2.45) is 0 Å². The summed E-state index contributed by atoms with van der Waals surface area (Å²) in [6, 6.07) is 1.78. The standard InChI is InChI=1S/C9H15N5O/c1-10-7-4-8(13-6-12-7)14(3)5-9(15)11-2/h4,6H,5H2,1-3H3,(H,11,15)(H,10,12,13). The van der Waals surface area contributed by atoms with Gasteiger partial charge < -0.3 is 15.5 Å². The molecule has 0 aliphatic rings. The van der Waals surface area contributed by atoms with Gasteiger partial charge in [-0.3, -0.25) is 4.79 Å². The molecule has 0 unspecified atom stereocenters. The van der Waals surface area contributed by atoms with E-state index in [1.165, 1.54) is 6.33 Å². The van der Waals surface area contributed by atoms with Gasteiger partial charge in [0.05, 0.1) is 6.54 Å². The highest BCUT2D eigenvalue weighted by atomic mass is 16.1. The summed E-state index contributed by atoms with van der Waals surface area (Å²) in [5.74, 6) is 1.38. The number of likely N-dealkylation sites (N-methyl/N-ethyl adjacent to an activating group) is 2. The Morgan fingerprint density at radius 2 is 2.20 bits per heavy atom. The van der Waals surface area contributed by atoms with E-state index in [2.05, 4.69) is 20.6 Å². The number of nitrogens with zero attached hydrogens (tertiary/aromatic N) is 3.